The molecule has 1 aliphatic heterocycles. The van der Waals surface area contributed by atoms with Gasteiger partial charge in [0.05, 0.1) is 10.3 Å². The van der Waals surface area contributed by atoms with Crippen LogP contribution in [0, 0.1) is 10.1 Å². The van der Waals surface area contributed by atoms with Crippen molar-refractivity contribution in [3.05, 3.63) is 39.9 Å². The van der Waals surface area contributed by atoms with Crippen molar-refractivity contribution in [1.82, 2.24) is 5.32 Å². The highest BCUT2D eigenvalue weighted by molar-refractivity contribution is 6.03. The number of rotatable bonds is 3. The first-order valence-corrected chi connectivity index (χ1v) is 6.09. The van der Waals surface area contributed by atoms with E-state index >= 15 is 0 Å². The van der Waals surface area contributed by atoms with Crippen molar-refractivity contribution in [2.45, 2.75) is 31.6 Å². The van der Waals surface area contributed by atoms with Crippen molar-refractivity contribution < 1.29 is 14.5 Å². The highest BCUT2D eigenvalue weighted by Gasteiger charge is 2.46. The van der Waals surface area contributed by atoms with Gasteiger partial charge in [0.1, 0.15) is 0 Å². The van der Waals surface area contributed by atoms with Gasteiger partial charge in [0, 0.05) is 18.1 Å². The van der Waals surface area contributed by atoms with Crippen LogP contribution in [0.25, 0.3) is 0 Å². The van der Waals surface area contributed by atoms with E-state index in [4.69, 9.17) is 0 Å². The summed E-state index contributed by atoms with van der Waals surface area (Å²) in [7, 11) is 0. The lowest BCUT2D eigenvalue weighted by molar-refractivity contribution is -0.386. The Hall–Kier alpha value is -2.24. The first-order valence-electron chi connectivity index (χ1n) is 6.09. The predicted octanol–water partition coefficient (Wildman–Crippen LogP) is 1.68. The van der Waals surface area contributed by atoms with Crippen LogP contribution in [-0.4, -0.2) is 16.7 Å². The molecular formula is C13H14N2O4. The van der Waals surface area contributed by atoms with Crippen LogP contribution in [0.4, 0.5) is 5.69 Å². The maximum atomic E-state index is 12.2. The minimum atomic E-state index is -0.989. The lowest BCUT2D eigenvalue weighted by Crippen LogP contribution is -2.51. The second-order valence-corrected chi connectivity index (χ2v) is 4.59. The fourth-order valence-corrected chi connectivity index (χ4v) is 2.57. The van der Waals surface area contributed by atoms with Gasteiger partial charge < -0.3 is 0 Å². The molecule has 1 N–H and O–H groups in total. The number of carbonyl (C=O) groups is 2. The van der Waals surface area contributed by atoms with Gasteiger partial charge in [-0.05, 0) is 12.8 Å². The third-order valence-electron chi connectivity index (χ3n) is 3.69. The maximum Gasteiger partial charge on any atom is 0.273 e. The van der Waals surface area contributed by atoms with E-state index in [1.54, 1.807) is 25.1 Å². The number of carbonyl (C=O) groups excluding carboxylic acids is 2. The lowest BCUT2D eigenvalue weighted by Gasteiger charge is -2.34. The van der Waals surface area contributed by atoms with Crippen LogP contribution in [0.15, 0.2) is 24.3 Å². The average Bonchev–Trinajstić information content (AvgIpc) is 2.39. The molecule has 1 aromatic rings. The first kappa shape index (κ1) is 13.2. The van der Waals surface area contributed by atoms with Crippen molar-refractivity contribution in [3.63, 3.8) is 0 Å². The van der Waals surface area contributed by atoms with Gasteiger partial charge in [-0.3, -0.25) is 25.0 Å². The molecule has 19 heavy (non-hydrogen) atoms. The second kappa shape index (κ2) is 4.79. The minimum absolute atomic E-state index is 0.0751. The number of amides is 2. The highest BCUT2D eigenvalue weighted by Crippen LogP contribution is 2.40. The van der Waals surface area contributed by atoms with Crippen LogP contribution >= 0.6 is 0 Å². The number of nitrogens with zero attached hydrogens (tertiary/aromatic N) is 1. The summed E-state index contributed by atoms with van der Waals surface area (Å²) in [6, 6.07) is 6.22. The molecule has 0 unspecified atom stereocenters. The van der Waals surface area contributed by atoms with Crippen molar-refractivity contribution in [1.29, 1.82) is 0 Å². The normalized spacial score (nSPS) is 23.0. The molecule has 0 radical (unpaired) electrons. The second-order valence-electron chi connectivity index (χ2n) is 4.59. The molecule has 1 fully saturated rings. The predicted molar refractivity (Wildman–Crippen MR) is 67.4 cm³/mol. The molecular weight excluding hydrogens is 248 g/mol. The molecule has 100 valence electrons. The molecule has 0 aromatic heterocycles. The lowest BCUT2D eigenvalue weighted by atomic mass is 9.71. The van der Waals surface area contributed by atoms with Gasteiger partial charge in [-0.15, -0.1) is 0 Å². The Morgan fingerprint density at radius 3 is 2.63 bits per heavy atom. The van der Waals surface area contributed by atoms with Gasteiger partial charge >= 0.3 is 0 Å². The van der Waals surface area contributed by atoms with Crippen LogP contribution in [0.1, 0.15) is 31.7 Å². The maximum absolute atomic E-state index is 12.2. The number of imide groups is 1. The van der Waals surface area contributed by atoms with Crippen LogP contribution in [0.5, 0.6) is 0 Å². The highest BCUT2D eigenvalue weighted by atomic mass is 16.6. The van der Waals surface area contributed by atoms with Gasteiger partial charge in [-0.1, -0.05) is 25.1 Å². The molecule has 0 spiro atoms. The van der Waals surface area contributed by atoms with E-state index < -0.39 is 16.2 Å². The Labute approximate surface area is 110 Å². The molecule has 1 aromatic carbocycles. The van der Waals surface area contributed by atoms with E-state index in [9.17, 15) is 19.7 Å². The Morgan fingerprint density at radius 1 is 1.37 bits per heavy atom. The van der Waals surface area contributed by atoms with Crippen LogP contribution < -0.4 is 5.32 Å². The summed E-state index contributed by atoms with van der Waals surface area (Å²) >= 11 is 0. The van der Waals surface area contributed by atoms with Gasteiger partial charge in [0.25, 0.3) is 5.69 Å². The zero-order chi connectivity index (χ0) is 14.0. The molecule has 0 saturated carbocycles. The minimum Gasteiger partial charge on any atom is -0.296 e. The van der Waals surface area contributed by atoms with Crippen molar-refractivity contribution in [3.8, 4) is 0 Å². The fraction of sp³-hybridized carbons (Fsp3) is 0.385. The topological polar surface area (TPSA) is 89.3 Å². The summed E-state index contributed by atoms with van der Waals surface area (Å²) in [4.78, 5) is 34.1. The number of piperidine rings is 1. The van der Waals surface area contributed by atoms with E-state index in [-0.39, 0.29) is 18.0 Å². The van der Waals surface area contributed by atoms with Crippen LogP contribution in [0.3, 0.4) is 0 Å². The standard InChI is InChI=1S/C13H14N2O4/c1-2-13(8-7-11(16)14-12(13)17)9-5-3-4-6-10(9)15(18)19/h3-6H,2,7-8H2,1H3,(H,14,16,17)/t13-/m1/s1. The fourth-order valence-electron chi connectivity index (χ4n) is 2.57. The number of hydrogen-bond donors (Lipinski definition) is 1. The molecule has 0 aliphatic carbocycles. The average molecular weight is 262 g/mol. The number of nitro benzene ring substituents is 1. The molecule has 6 heteroatoms. The third kappa shape index (κ3) is 2.09. The number of hydrogen-bond acceptors (Lipinski definition) is 4. The smallest absolute Gasteiger partial charge is 0.273 e. The third-order valence-corrected chi connectivity index (χ3v) is 3.69. The van der Waals surface area contributed by atoms with E-state index in [1.807, 2.05) is 0 Å². The Kier molecular flexibility index (Phi) is 3.33. The van der Waals surface area contributed by atoms with Gasteiger partial charge in [0.2, 0.25) is 11.8 Å². The zero-order valence-electron chi connectivity index (χ0n) is 10.5. The van der Waals surface area contributed by atoms with E-state index in [0.717, 1.165) is 0 Å². The van der Waals surface area contributed by atoms with Gasteiger partial charge in [0.15, 0.2) is 0 Å². The number of nitro groups is 1. The zero-order valence-corrected chi connectivity index (χ0v) is 10.5. The molecule has 1 heterocycles. The van der Waals surface area contributed by atoms with Gasteiger partial charge in [-0.25, -0.2) is 0 Å². The molecule has 1 aliphatic rings. The van der Waals surface area contributed by atoms with Crippen molar-refractivity contribution in [2.24, 2.45) is 0 Å². The molecule has 6 nitrogen and oxygen atoms in total. The summed E-state index contributed by atoms with van der Waals surface area (Å²) in [6.45, 7) is 1.80. The number of nitrogens with one attached hydrogen (secondary N) is 1. The number of benzene rings is 1. The number of para-hydroxylation sites is 1. The van der Waals surface area contributed by atoms with E-state index in [1.165, 1.54) is 6.07 Å². The summed E-state index contributed by atoms with van der Waals surface area (Å²) in [5, 5.41) is 13.4. The Bertz CT molecular complexity index is 555. The summed E-state index contributed by atoms with van der Waals surface area (Å²) in [5.41, 5.74) is -0.682. The van der Waals surface area contributed by atoms with Gasteiger partial charge in [-0.2, -0.15) is 0 Å². The monoisotopic (exact) mass is 262 g/mol. The molecule has 0 bridgehead atoms. The molecule has 2 rings (SSSR count). The van der Waals surface area contributed by atoms with Crippen LogP contribution in [-0.2, 0) is 15.0 Å². The summed E-state index contributed by atoms with van der Waals surface area (Å²) < 4.78 is 0. The largest absolute Gasteiger partial charge is 0.296 e. The van der Waals surface area contributed by atoms with Crippen LogP contribution in [0.2, 0.25) is 0 Å². The van der Waals surface area contributed by atoms with E-state index in [0.29, 0.717) is 18.4 Å². The Morgan fingerprint density at radius 2 is 2.05 bits per heavy atom. The SMILES string of the molecule is CC[C@]1(c2ccccc2[N+](=O)[O-])CCC(=O)NC1=O. The quantitative estimate of drug-likeness (QED) is 0.510. The van der Waals surface area contributed by atoms with Crippen molar-refractivity contribution >= 4 is 17.5 Å². The molecule has 1 atom stereocenters. The summed E-state index contributed by atoms with van der Waals surface area (Å²) in [5.74, 6) is -0.770. The molecule has 2 amide bonds. The Balaban J connectivity index is 2.56. The molecule has 1 saturated heterocycles. The summed E-state index contributed by atoms with van der Waals surface area (Å²) in [6.07, 6.45) is 0.918. The first-order chi connectivity index (χ1) is 9.01. The van der Waals surface area contributed by atoms with E-state index in [2.05, 4.69) is 5.32 Å². The van der Waals surface area contributed by atoms with Crippen molar-refractivity contribution in [2.75, 3.05) is 0 Å².